The fraction of sp³-hybridized carbons (Fsp3) is 0.346. The first-order valence-electron chi connectivity index (χ1n) is 10.6. The maximum Gasteiger partial charge on any atom is 0.0718 e. The topological polar surface area (TPSA) is 48.4 Å². The van der Waals surface area contributed by atoms with Crippen LogP contribution in [0.25, 0.3) is 11.3 Å². The minimum absolute atomic E-state index is 0.671. The minimum atomic E-state index is -0.671. The van der Waals surface area contributed by atoms with Crippen LogP contribution in [0.3, 0.4) is 0 Å². The van der Waals surface area contributed by atoms with Crippen molar-refractivity contribution in [3.8, 4) is 11.3 Å². The van der Waals surface area contributed by atoms with Crippen molar-refractivity contribution < 1.29 is 5.11 Å². The van der Waals surface area contributed by atoms with Gasteiger partial charge < -0.3 is 10.4 Å². The van der Waals surface area contributed by atoms with Gasteiger partial charge in [0, 0.05) is 42.8 Å². The predicted octanol–water partition coefficient (Wildman–Crippen LogP) is 5.24. The largest absolute Gasteiger partial charge is 0.389 e. The first-order valence-corrected chi connectivity index (χ1v) is 10.6. The summed E-state index contributed by atoms with van der Waals surface area (Å²) >= 11 is 0. The molecule has 1 aliphatic heterocycles. The average molecular weight is 402 g/mol. The molecule has 3 aromatic rings. The van der Waals surface area contributed by atoms with Crippen LogP contribution in [-0.2, 0) is 13.0 Å². The molecule has 2 N–H and O–H groups in total. The molecule has 0 amide bonds. The molecule has 2 aromatic carbocycles. The van der Waals surface area contributed by atoms with Gasteiger partial charge in [-0.2, -0.15) is 0 Å². The summed E-state index contributed by atoms with van der Waals surface area (Å²) in [4.78, 5) is 6.94. The van der Waals surface area contributed by atoms with Gasteiger partial charge in [-0.15, -0.1) is 0 Å². The number of aromatic nitrogens is 1. The summed E-state index contributed by atoms with van der Waals surface area (Å²) in [6, 6.07) is 17.1. The fourth-order valence-corrected chi connectivity index (χ4v) is 4.23. The number of pyridine rings is 1. The van der Waals surface area contributed by atoms with Gasteiger partial charge in [0.2, 0.25) is 0 Å². The number of anilines is 2. The van der Waals surface area contributed by atoms with Crippen molar-refractivity contribution >= 4 is 11.4 Å². The number of hydrogen-bond acceptors (Lipinski definition) is 4. The van der Waals surface area contributed by atoms with E-state index in [-0.39, 0.29) is 0 Å². The Labute approximate surface area is 179 Å². The zero-order valence-electron chi connectivity index (χ0n) is 18.4. The van der Waals surface area contributed by atoms with Gasteiger partial charge in [0.05, 0.1) is 11.3 Å². The Kier molecular flexibility index (Phi) is 5.63. The highest BCUT2D eigenvalue weighted by Gasteiger charge is 2.23. The number of nitrogens with zero attached hydrogens (tertiary/aromatic N) is 2. The molecule has 0 fully saturated rings. The molecule has 30 heavy (non-hydrogen) atoms. The molecule has 0 atom stereocenters. The lowest BCUT2D eigenvalue weighted by molar-refractivity contribution is 0.0318. The van der Waals surface area contributed by atoms with Crippen LogP contribution in [0.1, 0.15) is 36.1 Å². The molecule has 0 aliphatic carbocycles. The van der Waals surface area contributed by atoms with Crippen LogP contribution < -0.4 is 5.32 Å². The van der Waals surface area contributed by atoms with Gasteiger partial charge in [-0.3, -0.25) is 9.88 Å². The number of benzene rings is 2. The van der Waals surface area contributed by atoms with Crippen LogP contribution in [0.4, 0.5) is 11.4 Å². The molecule has 0 bridgehead atoms. The number of fused-ring (bicyclic) bond motifs is 1. The van der Waals surface area contributed by atoms with E-state index < -0.39 is 5.60 Å². The summed E-state index contributed by atoms with van der Waals surface area (Å²) < 4.78 is 0. The van der Waals surface area contributed by atoms with Crippen LogP contribution >= 0.6 is 0 Å². The highest BCUT2D eigenvalue weighted by atomic mass is 16.3. The second-order valence-corrected chi connectivity index (χ2v) is 9.09. The first-order chi connectivity index (χ1) is 14.3. The van der Waals surface area contributed by atoms with Gasteiger partial charge in [-0.1, -0.05) is 24.3 Å². The van der Waals surface area contributed by atoms with Crippen molar-refractivity contribution in [3.05, 3.63) is 77.0 Å². The molecule has 1 aliphatic rings. The summed E-state index contributed by atoms with van der Waals surface area (Å²) in [6.45, 7) is 10.5. The van der Waals surface area contributed by atoms with E-state index in [1.165, 1.54) is 27.9 Å². The smallest absolute Gasteiger partial charge is 0.0718 e. The third-order valence-corrected chi connectivity index (χ3v) is 5.66. The molecule has 1 aromatic heterocycles. The van der Waals surface area contributed by atoms with Crippen LogP contribution in [0.5, 0.6) is 0 Å². The molecule has 2 heterocycles. The number of β-amino-alcohol motifs (C(OH)–C–C–N with tert-alkyl or cyclic N) is 1. The molecule has 0 radical (unpaired) electrons. The lowest BCUT2D eigenvalue weighted by Gasteiger charge is -2.34. The minimum Gasteiger partial charge on any atom is -0.389 e. The number of aliphatic hydroxyl groups is 1. The average Bonchev–Trinajstić information content (AvgIpc) is 2.69. The zero-order chi connectivity index (χ0) is 21.3. The zero-order valence-corrected chi connectivity index (χ0v) is 18.4. The van der Waals surface area contributed by atoms with Crippen molar-refractivity contribution in [1.82, 2.24) is 9.88 Å². The maximum atomic E-state index is 10.2. The van der Waals surface area contributed by atoms with E-state index in [0.29, 0.717) is 6.54 Å². The molecule has 0 spiro atoms. The SMILES string of the molecule is Cc1ccc(-c2cc(Nc3cccc4c3CCN(CC(C)(C)O)C4)ccc2C)nc1. The van der Waals surface area contributed by atoms with E-state index in [0.717, 1.165) is 36.5 Å². The predicted molar refractivity (Wildman–Crippen MR) is 124 cm³/mol. The van der Waals surface area contributed by atoms with E-state index in [2.05, 4.69) is 77.6 Å². The fourth-order valence-electron chi connectivity index (χ4n) is 4.23. The van der Waals surface area contributed by atoms with E-state index in [1.807, 2.05) is 20.0 Å². The van der Waals surface area contributed by atoms with Crippen LogP contribution in [0.2, 0.25) is 0 Å². The second-order valence-electron chi connectivity index (χ2n) is 9.09. The second kappa shape index (κ2) is 8.21. The Bertz CT molecular complexity index is 1040. The van der Waals surface area contributed by atoms with E-state index in [1.54, 1.807) is 0 Å². The molecule has 0 saturated carbocycles. The molecular weight excluding hydrogens is 370 g/mol. The number of nitrogens with one attached hydrogen (secondary N) is 1. The van der Waals surface area contributed by atoms with Crippen LogP contribution in [-0.4, -0.2) is 33.7 Å². The van der Waals surface area contributed by atoms with Gasteiger partial charge >= 0.3 is 0 Å². The Morgan fingerprint density at radius 1 is 1.10 bits per heavy atom. The van der Waals surface area contributed by atoms with Crippen molar-refractivity contribution in [1.29, 1.82) is 0 Å². The summed E-state index contributed by atoms with van der Waals surface area (Å²) in [7, 11) is 0. The van der Waals surface area contributed by atoms with Crippen molar-refractivity contribution in [3.63, 3.8) is 0 Å². The Hall–Kier alpha value is -2.69. The molecule has 156 valence electrons. The normalized spacial score (nSPS) is 14.4. The lowest BCUT2D eigenvalue weighted by Crippen LogP contribution is -2.41. The molecule has 4 nitrogen and oxygen atoms in total. The summed E-state index contributed by atoms with van der Waals surface area (Å²) in [5, 5.41) is 13.8. The first kappa shape index (κ1) is 20.6. The van der Waals surface area contributed by atoms with Crippen molar-refractivity contribution in [2.75, 3.05) is 18.4 Å². The molecule has 0 unspecified atom stereocenters. The number of rotatable bonds is 5. The van der Waals surface area contributed by atoms with Crippen LogP contribution in [0, 0.1) is 13.8 Å². The lowest BCUT2D eigenvalue weighted by atomic mass is 9.96. The third kappa shape index (κ3) is 4.72. The van der Waals surface area contributed by atoms with E-state index >= 15 is 0 Å². The summed E-state index contributed by atoms with van der Waals surface area (Å²) in [5.41, 5.74) is 8.82. The quantitative estimate of drug-likeness (QED) is 0.614. The Morgan fingerprint density at radius 2 is 1.93 bits per heavy atom. The van der Waals surface area contributed by atoms with E-state index in [4.69, 9.17) is 0 Å². The number of aryl methyl sites for hydroxylation is 2. The third-order valence-electron chi connectivity index (χ3n) is 5.66. The monoisotopic (exact) mass is 401 g/mol. The van der Waals surface area contributed by atoms with E-state index in [9.17, 15) is 5.11 Å². The van der Waals surface area contributed by atoms with Gasteiger partial charge in [0.15, 0.2) is 0 Å². The summed E-state index contributed by atoms with van der Waals surface area (Å²) in [5.74, 6) is 0. The Balaban J connectivity index is 1.58. The van der Waals surface area contributed by atoms with Crippen molar-refractivity contribution in [2.45, 2.75) is 46.3 Å². The highest BCUT2D eigenvalue weighted by molar-refractivity contribution is 5.73. The van der Waals surface area contributed by atoms with Gasteiger partial charge in [0.1, 0.15) is 0 Å². The molecule has 0 saturated heterocycles. The molecular formula is C26H31N3O. The standard InChI is InChI=1S/C26H31N3O/c1-18-8-11-24(27-15-18)23-14-21(10-9-19(23)2)28-25-7-5-6-20-16-29(13-12-22(20)25)17-26(3,4)30/h5-11,14-15,28,30H,12-13,16-17H2,1-4H3. The maximum absolute atomic E-state index is 10.2. The molecule has 4 heteroatoms. The Morgan fingerprint density at radius 3 is 2.67 bits per heavy atom. The highest BCUT2D eigenvalue weighted by Crippen LogP contribution is 2.31. The van der Waals surface area contributed by atoms with Crippen molar-refractivity contribution in [2.24, 2.45) is 0 Å². The van der Waals surface area contributed by atoms with Gasteiger partial charge in [-0.25, -0.2) is 0 Å². The number of hydrogen-bond donors (Lipinski definition) is 2. The van der Waals surface area contributed by atoms with Gasteiger partial charge in [0.25, 0.3) is 0 Å². The summed E-state index contributed by atoms with van der Waals surface area (Å²) in [6.07, 6.45) is 2.90. The van der Waals surface area contributed by atoms with Gasteiger partial charge in [-0.05, 0) is 80.6 Å². The molecule has 4 rings (SSSR count). The van der Waals surface area contributed by atoms with Crippen LogP contribution in [0.15, 0.2) is 54.7 Å².